The number of halogens is 1. The van der Waals surface area contributed by atoms with E-state index in [0.29, 0.717) is 5.56 Å². The molecule has 0 heterocycles. The van der Waals surface area contributed by atoms with Crippen LogP contribution in [0.5, 0.6) is 0 Å². The first kappa shape index (κ1) is 12.0. The van der Waals surface area contributed by atoms with Gasteiger partial charge in [0.05, 0.1) is 12.7 Å². The van der Waals surface area contributed by atoms with Crippen molar-refractivity contribution in [1.29, 1.82) is 0 Å². The van der Waals surface area contributed by atoms with Gasteiger partial charge in [0.25, 0.3) is 0 Å². The number of benzene rings is 1. The smallest absolute Gasteiger partial charge is 0.337 e. The van der Waals surface area contributed by atoms with E-state index in [1.807, 2.05) is 19.1 Å². The van der Waals surface area contributed by atoms with E-state index >= 15 is 0 Å². The molecule has 2 nitrogen and oxygen atoms in total. The van der Waals surface area contributed by atoms with Gasteiger partial charge in [-0.3, -0.25) is 0 Å². The Balaban J connectivity index is 2.86. The van der Waals surface area contributed by atoms with E-state index < -0.39 is 0 Å². The molecule has 1 aromatic rings. The van der Waals surface area contributed by atoms with Crippen molar-refractivity contribution in [2.24, 2.45) is 0 Å². The molecule has 0 N–H and O–H groups in total. The number of ether oxygens (including phenoxy) is 1. The second-order valence-corrected chi connectivity index (χ2v) is 3.80. The Hall–Kier alpha value is -1.09. The van der Waals surface area contributed by atoms with Crippen molar-refractivity contribution in [3.63, 3.8) is 0 Å². The monoisotopic (exact) mass is 268 g/mol. The highest BCUT2D eigenvalue weighted by Crippen LogP contribution is 2.10. The molecule has 0 aromatic heterocycles. The fourth-order valence-corrected chi connectivity index (χ4v) is 1.32. The van der Waals surface area contributed by atoms with E-state index in [9.17, 15) is 4.79 Å². The normalized spacial score (nSPS) is 11.3. The standard InChI is InChI=1S/C12H13BrO2/c1-9(8-13)7-10-3-5-11(6-4-10)12(14)15-2/h3-7H,8H2,1-2H3/b9-7+. The number of methoxy groups -OCH3 is 1. The number of alkyl halides is 1. The molecular formula is C12H13BrO2. The fraction of sp³-hybridized carbons (Fsp3) is 0.250. The number of carbonyl (C=O) groups excluding carboxylic acids is 1. The van der Waals surface area contributed by atoms with E-state index in [2.05, 4.69) is 26.7 Å². The number of carbonyl (C=O) groups is 1. The highest BCUT2D eigenvalue weighted by molar-refractivity contribution is 9.09. The lowest BCUT2D eigenvalue weighted by atomic mass is 10.1. The fourth-order valence-electron chi connectivity index (χ4n) is 1.16. The highest BCUT2D eigenvalue weighted by Gasteiger charge is 2.03. The largest absolute Gasteiger partial charge is 0.465 e. The maximum absolute atomic E-state index is 11.2. The molecule has 3 heteroatoms. The van der Waals surface area contributed by atoms with Gasteiger partial charge in [0.2, 0.25) is 0 Å². The lowest BCUT2D eigenvalue weighted by Crippen LogP contribution is -2.00. The van der Waals surface area contributed by atoms with Gasteiger partial charge in [-0.15, -0.1) is 0 Å². The molecule has 1 aromatic carbocycles. The Bertz CT molecular complexity index is 366. The summed E-state index contributed by atoms with van der Waals surface area (Å²) in [4.78, 5) is 11.2. The van der Waals surface area contributed by atoms with Crippen LogP contribution in [0.1, 0.15) is 22.8 Å². The van der Waals surface area contributed by atoms with Crippen LogP contribution < -0.4 is 0 Å². The first-order valence-corrected chi connectivity index (χ1v) is 5.71. The molecule has 0 fully saturated rings. The molecule has 0 atom stereocenters. The summed E-state index contributed by atoms with van der Waals surface area (Å²) in [5.74, 6) is -0.303. The molecule has 0 aliphatic rings. The predicted octanol–water partition coefficient (Wildman–Crippen LogP) is 3.27. The van der Waals surface area contributed by atoms with Crippen molar-refractivity contribution in [2.75, 3.05) is 12.4 Å². The van der Waals surface area contributed by atoms with Gasteiger partial charge < -0.3 is 4.74 Å². The Morgan fingerprint density at radius 2 is 2.00 bits per heavy atom. The molecule has 0 unspecified atom stereocenters. The first-order valence-electron chi connectivity index (χ1n) is 4.59. The molecule has 0 spiro atoms. The van der Waals surface area contributed by atoms with Crippen molar-refractivity contribution in [1.82, 2.24) is 0 Å². The van der Waals surface area contributed by atoms with Crippen molar-refractivity contribution < 1.29 is 9.53 Å². The molecule has 80 valence electrons. The molecule has 0 radical (unpaired) electrons. The predicted molar refractivity (Wildman–Crippen MR) is 65.2 cm³/mol. The third-order valence-electron chi connectivity index (χ3n) is 1.96. The SMILES string of the molecule is COC(=O)c1ccc(/C=C(\C)CBr)cc1. The third kappa shape index (κ3) is 3.51. The quantitative estimate of drug-likeness (QED) is 0.621. The van der Waals surface area contributed by atoms with E-state index in [4.69, 9.17) is 0 Å². The summed E-state index contributed by atoms with van der Waals surface area (Å²) in [6.45, 7) is 2.04. The zero-order chi connectivity index (χ0) is 11.3. The topological polar surface area (TPSA) is 26.3 Å². The van der Waals surface area contributed by atoms with Crippen LogP contribution in [0, 0.1) is 0 Å². The average Bonchev–Trinajstić information content (AvgIpc) is 2.29. The second kappa shape index (κ2) is 5.71. The molecule has 1 rings (SSSR count). The maximum atomic E-state index is 11.2. The highest BCUT2D eigenvalue weighted by atomic mass is 79.9. The van der Waals surface area contributed by atoms with Crippen LogP contribution in [0.2, 0.25) is 0 Å². The minimum Gasteiger partial charge on any atom is -0.465 e. The average molecular weight is 269 g/mol. The molecule has 0 aliphatic heterocycles. The van der Waals surface area contributed by atoms with Gasteiger partial charge in [-0.2, -0.15) is 0 Å². The lowest BCUT2D eigenvalue weighted by Gasteiger charge is -2.00. The Labute approximate surface area is 98.1 Å². The van der Waals surface area contributed by atoms with Gasteiger partial charge in [-0.25, -0.2) is 4.79 Å². The number of rotatable bonds is 3. The second-order valence-electron chi connectivity index (χ2n) is 3.24. The number of esters is 1. The zero-order valence-electron chi connectivity index (χ0n) is 8.79. The molecule has 15 heavy (non-hydrogen) atoms. The molecule has 0 aliphatic carbocycles. The van der Waals surface area contributed by atoms with Crippen molar-refractivity contribution in [2.45, 2.75) is 6.92 Å². The van der Waals surface area contributed by atoms with Gasteiger partial charge >= 0.3 is 5.97 Å². The molecule has 0 saturated heterocycles. The van der Waals surface area contributed by atoms with E-state index in [-0.39, 0.29) is 5.97 Å². The summed E-state index contributed by atoms with van der Waals surface area (Å²) in [5.41, 5.74) is 2.89. The van der Waals surface area contributed by atoms with Gasteiger partial charge in [-0.05, 0) is 24.6 Å². The lowest BCUT2D eigenvalue weighted by molar-refractivity contribution is 0.0601. The van der Waals surface area contributed by atoms with E-state index in [1.165, 1.54) is 12.7 Å². The first-order chi connectivity index (χ1) is 7.17. The molecule has 0 amide bonds. The van der Waals surface area contributed by atoms with E-state index in [1.54, 1.807) is 12.1 Å². The van der Waals surface area contributed by atoms with Crippen molar-refractivity contribution in [3.8, 4) is 0 Å². The summed E-state index contributed by atoms with van der Waals surface area (Å²) in [6, 6.07) is 7.33. The zero-order valence-corrected chi connectivity index (χ0v) is 10.4. The summed E-state index contributed by atoms with van der Waals surface area (Å²) >= 11 is 3.38. The number of allylic oxidation sites excluding steroid dienone is 1. The molecule has 0 bridgehead atoms. The molecular weight excluding hydrogens is 256 g/mol. The summed E-state index contributed by atoms with van der Waals surface area (Å²) in [7, 11) is 1.38. The van der Waals surface area contributed by atoms with Crippen LogP contribution in [0.15, 0.2) is 29.8 Å². The summed E-state index contributed by atoms with van der Waals surface area (Å²) < 4.78 is 4.62. The Morgan fingerprint density at radius 1 is 1.40 bits per heavy atom. The molecule has 0 saturated carbocycles. The van der Waals surface area contributed by atoms with Gasteiger partial charge in [0, 0.05) is 5.33 Å². The third-order valence-corrected chi connectivity index (χ3v) is 2.84. The Kier molecular flexibility index (Phi) is 4.56. The van der Waals surface area contributed by atoms with E-state index in [0.717, 1.165) is 10.9 Å². The van der Waals surface area contributed by atoms with Gasteiger partial charge in [-0.1, -0.05) is 39.7 Å². The minimum atomic E-state index is -0.303. The van der Waals surface area contributed by atoms with Gasteiger partial charge in [0.1, 0.15) is 0 Å². The minimum absolute atomic E-state index is 0.303. The van der Waals surface area contributed by atoms with Crippen LogP contribution in [0.4, 0.5) is 0 Å². The van der Waals surface area contributed by atoms with Crippen molar-refractivity contribution >= 4 is 28.0 Å². The van der Waals surface area contributed by atoms with Crippen LogP contribution in [0.25, 0.3) is 6.08 Å². The van der Waals surface area contributed by atoms with Gasteiger partial charge in [0.15, 0.2) is 0 Å². The Morgan fingerprint density at radius 3 is 2.47 bits per heavy atom. The van der Waals surface area contributed by atoms with Crippen LogP contribution in [-0.2, 0) is 4.74 Å². The van der Waals surface area contributed by atoms with Crippen LogP contribution in [0.3, 0.4) is 0 Å². The summed E-state index contributed by atoms with van der Waals surface area (Å²) in [6.07, 6.45) is 2.07. The number of hydrogen-bond donors (Lipinski definition) is 0. The number of hydrogen-bond acceptors (Lipinski definition) is 2. The maximum Gasteiger partial charge on any atom is 0.337 e. The van der Waals surface area contributed by atoms with Crippen LogP contribution >= 0.6 is 15.9 Å². The van der Waals surface area contributed by atoms with Crippen molar-refractivity contribution in [3.05, 3.63) is 41.0 Å². The summed E-state index contributed by atoms with van der Waals surface area (Å²) in [5, 5.41) is 0.853. The van der Waals surface area contributed by atoms with Crippen LogP contribution in [-0.4, -0.2) is 18.4 Å².